The second-order valence-electron chi connectivity index (χ2n) is 9.41. The molecule has 0 spiro atoms. The average Bonchev–Trinajstić information content (AvgIpc) is 3.69. The van der Waals surface area contributed by atoms with Crippen LogP contribution in [0, 0.1) is 0 Å². The van der Waals surface area contributed by atoms with Crippen molar-refractivity contribution in [2.45, 2.75) is 18.9 Å². The number of nitrogens with one attached hydrogen (secondary N) is 2. The van der Waals surface area contributed by atoms with Crippen molar-refractivity contribution in [3.8, 4) is 33.6 Å². The Balaban J connectivity index is 1.24. The third-order valence-corrected chi connectivity index (χ3v) is 6.83. The maximum absolute atomic E-state index is 13.6. The molecule has 10 heteroatoms. The number of nitrogens with zero attached hydrogens (tertiary/aromatic N) is 5. The molecule has 0 aromatic carbocycles. The smallest absolute Gasteiger partial charge is 0.261 e. The van der Waals surface area contributed by atoms with Crippen molar-refractivity contribution in [1.29, 1.82) is 0 Å². The molecule has 37 heavy (non-hydrogen) atoms. The second-order valence-corrected chi connectivity index (χ2v) is 9.41. The van der Waals surface area contributed by atoms with Gasteiger partial charge in [-0.1, -0.05) is 0 Å². The normalized spacial score (nSPS) is 15.7. The number of aromatic nitrogens is 6. The Hall–Kier alpha value is -4.44. The zero-order valence-electron chi connectivity index (χ0n) is 19.6. The van der Waals surface area contributed by atoms with Gasteiger partial charge in [0.2, 0.25) is 0 Å². The molecule has 184 valence electrons. The van der Waals surface area contributed by atoms with Gasteiger partial charge in [0.15, 0.2) is 5.65 Å². The summed E-state index contributed by atoms with van der Waals surface area (Å²) < 4.78 is 32.5. The van der Waals surface area contributed by atoms with Crippen LogP contribution in [0.4, 0.5) is 8.78 Å². The number of pyridine rings is 3. The van der Waals surface area contributed by atoms with Gasteiger partial charge in [-0.15, -0.1) is 0 Å². The van der Waals surface area contributed by atoms with Gasteiger partial charge in [-0.25, -0.2) is 18.7 Å². The highest BCUT2D eigenvalue weighted by atomic mass is 19.3. The van der Waals surface area contributed by atoms with E-state index in [2.05, 4.69) is 30.1 Å². The maximum atomic E-state index is 13.6. The van der Waals surface area contributed by atoms with E-state index in [9.17, 15) is 8.78 Å². The van der Waals surface area contributed by atoms with Crippen molar-refractivity contribution >= 4 is 22.1 Å². The first-order valence-electron chi connectivity index (χ1n) is 11.9. The fourth-order valence-corrected chi connectivity index (χ4v) is 5.03. The van der Waals surface area contributed by atoms with E-state index in [0.29, 0.717) is 18.7 Å². The SMILES string of the molecule is FC1(F)CCN(Cc2cncc(-c3cnc4n[nH]c(-c5cc6c(-c7ccoc7)ccnc6[nH]5)c4c3)c2)C1. The molecule has 8 nitrogen and oxygen atoms in total. The topological polar surface area (TPSA) is 99.5 Å². The monoisotopic (exact) mass is 497 g/mol. The summed E-state index contributed by atoms with van der Waals surface area (Å²) in [6, 6.07) is 9.91. The van der Waals surface area contributed by atoms with Crippen LogP contribution in [0.15, 0.2) is 72.1 Å². The predicted octanol–water partition coefficient (Wildman–Crippen LogP) is 5.66. The number of halogens is 2. The van der Waals surface area contributed by atoms with Crippen LogP contribution < -0.4 is 0 Å². The minimum Gasteiger partial charge on any atom is -0.472 e. The van der Waals surface area contributed by atoms with Gasteiger partial charge in [-0.2, -0.15) is 5.10 Å². The number of aromatic amines is 2. The van der Waals surface area contributed by atoms with Gasteiger partial charge in [0, 0.05) is 71.8 Å². The lowest BCUT2D eigenvalue weighted by atomic mass is 10.0. The summed E-state index contributed by atoms with van der Waals surface area (Å²) in [7, 11) is 0. The number of furan rings is 1. The van der Waals surface area contributed by atoms with Crippen LogP contribution in [0.25, 0.3) is 55.7 Å². The zero-order valence-corrected chi connectivity index (χ0v) is 19.6. The molecule has 0 amide bonds. The van der Waals surface area contributed by atoms with E-state index in [1.807, 2.05) is 30.3 Å². The second kappa shape index (κ2) is 8.31. The lowest BCUT2D eigenvalue weighted by Gasteiger charge is -2.15. The lowest BCUT2D eigenvalue weighted by molar-refractivity contribution is 0.0115. The number of fused-ring (bicyclic) bond motifs is 2. The van der Waals surface area contributed by atoms with Crippen LogP contribution >= 0.6 is 0 Å². The highest BCUT2D eigenvalue weighted by Gasteiger charge is 2.37. The minimum absolute atomic E-state index is 0.100. The Morgan fingerprint density at radius 1 is 1.00 bits per heavy atom. The van der Waals surface area contributed by atoms with Crippen LogP contribution in [0.2, 0.25) is 0 Å². The first kappa shape index (κ1) is 21.8. The lowest BCUT2D eigenvalue weighted by Crippen LogP contribution is -2.24. The number of hydrogen-bond donors (Lipinski definition) is 2. The van der Waals surface area contributed by atoms with E-state index in [4.69, 9.17) is 4.42 Å². The molecule has 7 heterocycles. The molecule has 0 atom stereocenters. The Bertz CT molecular complexity index is 1740. The number of alkyl halides is 2. The fourth-order valence-electron chi connectivity index (χ4n) is 5.03. The molecule has 1 fully saturated rings. The molecule has 0 bridgehead atoms. The molecule has 0 radical (unpaired) electrons. The van der Waals surface area contributed by atoms with E-state index in [1.54, 1.807) is 42.2 Å². The Morgan fingerprint density at radius 3 is 2.76 bits per heavy atom. The number of H-pyrrole nitrogens is 2. The predicted molar refractivity (Wildman–Crippen MR) is 135 cm³/mol. The van der Waals surface area contributed by atoms with Crippen LogP contribution in [0.3, 0.4) is 0 Å². The van der Waals surface area contributed by atoms with E-state index in [0.717, 1.165) is 55.6 Å². The molecule has 6 aromatic heterocycles. The summed E-state index contributed by atoms with van der Waals surface area (Å²) in [5.74, 6) is -2.62. The Kier molecular flexibility index (Phi) is 4.90. The van der Waals surface area contributed by atoms with Crippen LogP contribution in [0.5, 0.6) is 0 Å². The van der Waals surface area contributed by atoms with Gasteiger partial charge in [-0.3, -0.25) is 15.0 Å². The van der Waals surface area contributed by atoms with Gasteiger partial charge < -0.3 is 9.40 Å². The standard InChI is InChI=1S/C27H21F2N7O/c28-27(29)3-5-36(15-27)13-16-7-18(11-30-10-16)19-8-22-24(34-35-26(22)32-12-19)23-9-21-20(17-2-6-37-14-17)1-4-31-25(21)33-23/h1-2,4,6-12,14H,3,5,13,15H2,(H,31,33)(H,32,34,35). The van der Waals surface area contributed by atoms with Crippen molar-refractivity contribution in [3.63, 3.8) is 0 Å². The van der Waals surface area contributed by atoms with Gasteiger partial charge in [0.05, 0.1) is 30.5 Å². The minimum atomic E-state index is -2.62. The van der Waals surface area contributed by atoms with Gasteiger partial charge in [0.25, 0.3) is 5.92 Å². The summed E-state index contributed by atoms with van der Waals surface area (Å²) in [6.07, 6.45) is 10.3. The molecule has 7 rings (SSSR count). The van der Waals surface area contributed by atoms with Crippen molar-refractivity contribution in [1.82, 2.24) is 35.0 Å². The summed E-state index contributed by atoms with van der Waals surface area (Å²) in [5.41, 5.74) is 7.58. The third kappa shape index (κ3) is 3.95. The first-order valence-corrected chi connectivity index (χ1v) is 11.9. The molecule has 0 aliphatic carbocycles. The zero-order chi connectivity index (χ0) is 25.0. The van der Waals surface area contributed by atoms with Crippen LogP contribution in [0.1, 0.15) is 12.0 Å². The van der Waals surface area contributed by atoms with Crippen molar-refractivity contribution < 1.29 is 13.2 Å². The van der Waals surface area contributed by atoms with E-state index in [-0.39, 0.29) is 13.0 Å². The summed E-state index contributed by atoms with van der Waals surface area (Å²) >= 11 is 0. The molecule has 0 saturated carbocycles. The van der Waals surface area contributed by atoms with E-state index in [1.165, 1.54) is 0 Å². The fraction of sp³-hybridized carbons (Fsp3) is 0.185. The largest absolute Gasteiger partial charge is 0.472 e. The Morgan fingerprint density at radius 2 is 1.92 bits per heavy atom. The third-order valence-electron chi connectivity index (χ3n) is 6.83. The maximum Gasteiger partial charge on any atom is 0.261 e. The quantitative estimate of drug-likeness (QED) is 0.319. The van der Waals surface area contributed by atoms with Gasteiger partial charge in [-0.05, 0) is 41.5 Å². The van der Waals surface area contributed by atoms with E-state index >= 15 is 0 Å². The first-order chi connectivity index (χ1) is 18.0. The molecule has 0 unspecified atom stereocenters. The van der Waals surface area contributed by atoms with Gasteiger partial charge >= 0.3 is 0 Å². The van der Waals surface area contributed by atoms with Crippen molar-refractivity contribution in [2.24, 2.45) is 0 Å². The summed E-state index contributed by atoms with van der Waals surface area (Å²) in [5, 5.41) is 9.31. The highest BCUT2D eigenvalue weighted by Crippen LogP contribution is 2.34. The molecule has 1 aliphatic rings. The highest BCUT2D eigenvalue weighted by molar-refractivity contribution is 5.99. The molecule has 1 aliphatic heterocycles. The van der Waals surface area contributed by atoms with Crippen LogP contribution in [-0.4, -0.2) is 54.0 Å². The average molecular weight is 498 g/mol. The number of likely N-dealkylation sites (tertiary alicyclic amines) is 1. The molecular weight excluding hydrogens is 476 g/mol. The summed E-state index contributed by atoms with van der Waals surface area (Å²) in [6.45, 7) is 0.597. The van der Waals surface area contributed by atoms with Gasteiger partial charge in [0.1, 0.15) is 5.65 Å². The van der Waals surface area contributed by atoms with E-state index < -0.39 is 5.92 Å². The number of rotatable bonds is 5. The molecular formula is C27H21F2N7O. The molecule has 2 N–H and O–H groups in total. The molecule has 6 aromatic rings. The number of hydrogen-bond acceptors (Lipinski definition) is 6. The van der Waals surface area contributed by atoms with Crippen LogP contribution in [-0.2, 0) is 6.54 Å². The van der Waals surface area contributed by atoms with Crippen molar-refractivity contribution in [3.05, 3.63) is 73.2 Å². The molecule has 1 saturated heterocycles. The van der Waals surface area contributed by atoms with Crippen molar-refractivity contribution in [2.75, 3.05) is 13.1 Å². The Labute approximate surface area is 209 Å². The summed E-state index contributed by atoms with van der Waals surface area (Å²) in [4.78, 5) is 18.6.